The van der Waals surface area contributed by atoms with E-state index in [2.05, 4.69) is 68.6 Å². The molecular weight excluding hydrogens is 372 g/mol. The molecule has 3 aromatic rings. The highest BCUT2D eigenvalue weighted by atomic mass is 16.7. The maximum atomic E-state index is 12.4. The first-order valence-corrected chi connectivity index (χ1v) is 10.4. The predicted molar refractivity (Wildman–Crippen MR) is 120 cm³/mol. The lowest BCUT2D eigenvalue weighted by atomic mass is 9.76. The van der Waals surface area contributed by atoms with Crippen LogP contribution in [-0.4, -0.2) is 16.2 Å². The fourth-order valence-electron chi connectivity index (χ4n) is 4.21. The Kier molecular flexibility index (Phi) is 5.10. The quantitative estimate of drug-likeness (QED) is 0.404. The molecule has 0 radical (unpaired) electrons. The van der Waals surface area contributed by atoms with E-state index in [9.17, 15) is 4.79 Å². The maximum absolute atomic E-state index is 12.4. The molecule has 0 spiro atoms. The summed E-state index contributed by atoms with van der Waals surface area (Å²) in [5, 5.41) is 4.33. The van der Waals surface area contributed by atoms with Crippen LogP contribution in [0.4, 0.5) is 0 Å². The normalized spacial score (nSPS) is 16.4. The molecule has 1 aromatic heterocycles. The minimum absolute atomic E-state index is 0.0211. The van der Waals surface area contributed by atoms with Gasteiger partial charge in [0.05, 0.1) is 11.3 Å². The topological polar surface area (TPSA) is 43.6 Å². The highest BCUT2D eigenvalue weighted by molar-refractivity contribution is 6.03. The lowest BCUT2D eigenvalue weighted by Gasteiger charge is -2.31. The highest BCUT2D eigenvalue weighted by Gasteiger charge is 2.33. The third-order valence-electron chi connectivity index (χ3n) is 5.89. The van der Waals surface area contributed by atoms with Crippen molar-refractivity contribution >= 4 is 11.7 Å². The summed E-state index contributed by atoms with van der Waals surface area (Å²) in [4.78, 5) is 17.7. The minimum atomic E-state index is -0.432. The van der Waals surface area contributed by atoms with Crippen molar-refractivity contribution < 1.29 is 9.63 Å². The van der Waals surface area contributed by atoms with Crippen molar-refractivity contribution in [2.24, 2.45) is 10.6 Å². The van der Waals surface area contributed by atoms with E-state index in [1.165, 1.54) is 16.8 Å². The Labute approximate surface area is 178 Å². The molecule has 0 saturated heterocycles. The van der Waals surface area contributed by atoms with Gasteiger partial charge in [-0.15, -0.1) is 0 Å². The summed E-state index contributed by atoms with van der Waals surface area (Å²) >= 11 is 0. The molecule has 0 bridgehead atoms. The molecule has 0 saturated carbocycles. The Morgan fingerprint density at radius 2 is 1.70 bits per heavy atom. The van der Waals surface area contributed by atoms with E-state index < -0.39 is 5.97 Å². The number of rotatable bonds is 3. The first-order chi connectivity index (χ1) is 14.2. The van der Waals surface area contributed by atoms with E-state index in [1.807, 2.05) is 18.2 Å². The fourth-order valence-corrected chi connectivity index (χ4v) is 4.21. The zero-order valence-electron chi connectivity index (χ0n) is 18.3. The number of fused-ring (bicyclic) bond motifs is 1. The molecule has 4 rings (SSSR count). The molecule has 4 nitrogen and oxygen atoms in total. The number of carbonyl (C=O) groups is 1. The van der Waals surface area contributed by atoms with Crippen molar-refractivity contribution in [2.75, 3.05) is 0 Å². The van der Waals surface area contributed by atoms with Crippen LogP contribution in [0.3, 0.4) is 0 Å². The smallest absolute Gasteiger partial charge is 0.318 e. The molecule has 0 N–H and O–H groups in total. The van der Waals surface area contributed by atoms with Crippen molar-refractivity contribution in [1.29, 1.82) is 0 Å². The standard InChI is InChI=1S/C26H28N2O2/c1-17-11-12-21(13-18(17)2)28-19(3)14-22-23(15-26(4,5)16-24(22)28)27-30-25(29)20-9-7-6-8-10-20/h6-14H,15-16H2,1-5H3/b27-23+. The molecule has 1 heterocycles. The zero-order chi connectivity index (χ0) is 21.5. The molecule has 0 aliphatic heterocycles. The van der Waals surface area contributed by atoms with Gasteiger partial charge >= 0.3 is 5.97 Å². The molecule has 30 heavy (non-hydrogen) atoms. The lowest BCUT2D eigenvalue weighted by Crippen LogP contribution is -2.28. The first kappa shape index (κ1) is 20.1. The number of hydrogen-bond donors (Lipinski definition) is 0. The Morgan fingerprint density at radius 1 is 0.967 bits per heavy atom. The van der Waals surface area contributed by atoms with Crippen molar-refractivity contribution in [1.82, 2.24) is 4.57 Å². The van der Waals surface area contributed by atoms with Crippen LogP contribution in [0.15, 0.2) is 59.8 Å². The van der Waals surface area contributed by atoms with Gasteiger partial charge in [-0.2, -0.15) is 0 Å². The van der Waals surface area contributed by atoms with Gasteiger partial charge in [0.25, 0.3) is 0 Å². The predicted octanol–water partition coefficient (Wildman–Crippen LogP) is 5.94. The average Bonchev–Trinajstić information content (AvgIpc) is 3.03. The zero-order valence-corrected chi connectivity index (χ0v) is 18.3. The van der Waals surface area contributed by atoms with Crippen LogP contribution in [-0.2, 0) is 11.3 Å². The summed E-state index contributed by atoms with van der Waals surface area (Å²) < 4.78 is 2.32. The summed E-state index contributed by atoms with van der Waals surface area (Å²) in [7, 11) is 0. The van der Waals surface area contributed by atoms with E-state index in [1.54, 1.807) is 12.1 Å². The number of oxime groups is 1. The summed E-state index contributed by atoms with van der Waals surface area (Å²) in [6, 6.07) is 17.7. The van der Waals surface area contributed by atoms with Crippen LogP contribution in [0.1, 0.15) is 58.7 Å². The van der Waals surface area contributed by atoms with Gasteiger partial charge in [-0.3, -0.25) is 0 Å². The van der Waals surface area contributed by atoms with Crippen LogP contribution in [0.5, 0.6) is 0 Å². The number of nitrogens with zero attached hydrogens (tertiary/aromatic N) is 2. The van der Waals surface area contributed by atoms with Crippen LogP contribution in [0.25, 0.3) is 5.69 Å². The molecule has 0 atom stereocenters. The molecular formula is C26H28N2O2. The summed E-state index contributed by atoms with van der Waals surface area (Å²) in [5.74, 6) is -0.432. The SMILES string of the molecule is Cc1ccc(-n2c(C)cc3c2CC(C)(C)C/C3=N\OC(=O)c2ccccc2)cc1C. The Hall–Kier alpha value is -3.14. The van der Waals surface area contributed by atoms with Gasteiger partial charge in [0.15, 0.2) is 0 Å². The van der Waals surface area contributed by atoms with Crippen molar-refractivity contribution in [2.45, 2.75) is 47.5 Å². The monoisotopic (exact) mass is 400 g/mol. The van der Waals surface area contributed by atoms with Crippen LogP contribution >= 0.6 is 0 Å². The molecule has 0 amide bonds. The van der Waals surface area contributed by atoms with E-state index in [4.69, 9.17) is 4.84 Å². The second-order valence-electron chi connectivity index (χ2n) is 9.05. The number of carbonyl (C=O) groups excluding carboxylic acids is 1. The van der Waals surface area contributed by atoms with Crippen LogP contribution in [0.2, 0.25) is 0 Å². The third-order valence-corrected chi connectivity index (χ3v) is 5.89. The number of hydrogen-bond acceptors (Lipinski definition) is 3. The van der Waals surface area contributed by atoms with Gasteiger partial charge in [0.2, 0.25) is 0 Å². The summed E-state index contributed by atoms with van der Waals surface area (Å²) in [6.07, 6.45) is 1.70. The van der Waals surface area contributed by atoms with E-state index in [0.717, 1.165) is 35.5 Å². The van der Waals surface area contributed by atoms with Gasteiger partial charge in [0, 0.05) is 22.6 Å². The molecule has 4 heteroatoms. The summed E-state index contributed by atoms with van der Waals surface area (Å²) in [6.45, 7) is 10.9. The largest absolute Gasteiger partial charge is 0.365 e. The fraction of sp³-hybridized carbons (Fsp3) is 0.308. The van der Waals surface area contributed by atoms with Gasteiger partial charge in [0.1, 0.15) is 0 Å². The van der Waals surface area contributed by atoms with E-state index >= 15 is 0 Å². The third kappa shape index (κ3) is 3.82. The molecule has 0 unspecified atom stereocenters. The van der Waals surface area contributed by atoms with Gasteiger partial charge in [-0.05, 0) is 80.5 Å². The Balaban J connectivity index is 1.74. The van der Waals surface area contributed by atoms with E-state index in [0.29, 0.717) is 5.56 Å². The Bertz CT molecular complexity index is 1140. The number of benzene rings is 2. The molecule has 1 aliphatic rings. The van der Waals surface area contributed by atoms with Crippen molar-refractivity contribution in [3.63, 3.8) is 0 Å². The van der Waals surface area contributed by atoms with Crippen LogP contribution < -0.4 is 0 Å². The van der Waals surface area contributed by atoms with Gasteiger partial charge < -0.3 is 9.40 Å². The second-order valence-corrected chi connectivity index (χ2v) is 9.05. The average molecular weight is 401 g/mol. The molecule has 2 aromatic carbocycles. The van der Waals surface area contributed by atoms with Crippen molar-refractivity contribution in [3.8, 4) is 5.69 Å². The van der Waals surface area contributed by atoms with Gasteiger partial charge in [-0.25, -0.2) is 4.79 Å². The number of aryl methyl sites for hydroxylation is 3. The van der Waals surface area contributed by atoms with E-state index in [-0.39, 0.29) is 5.41 Å². The van der Waals surface area contributed by atoms with Gasteiger partial charge in [-0.1, -0.05) is 43.3 Å². The lowest BCUT2D eigenvalue weighted by molar-refractivity contribution is 0.0514. The first-order valence-electron chi connectivity index (χ1n) is 10.4. The number of aromatic nitrogens is 1. The Morgan fingerprint density at radius 3 is 2.40 bits per heavy atom. The van der Waals surface area contributed by atoms with Crippen molar-refractivity contribution in [3.05, 3.63) is 88.2 Å². The molecule has 154 valence electrons. The summed E-state index contributed by atoms with van der Waals surface area (Å²) in [5.41, 5.74) is 8.53. The molecule has 1 aliphatic carbocycles. The minimum Gasteiger partial charge on any atom is -0.318 e. The van der Waals surface area contributed by atoms with Crippen LogP contribution in [0, 0.1) is 26.2 Å². The highest BCUT2D eigenvalue weighted by Crippen LogP contribution is 2.38. The molecule has 0 fully saturated rings. The maximum Gasteiger partial charge on any atom is 0.365 e. The second kappa shape index (κ2) is 7.60.